The van der Waals surface area contributed by atoms with Crippen LogP contribution in [0, 0.1) is 0 Å². The van der Waals surface area contributed by atoms with Crippen molar-refractivity contribution in [3.63, 3.8) is 0 Å². The summed E-state index contributed by atoms with van der Waals surface area (Å²) < 4.78 is 0. The van der Waals surface area contributed by atoms with Crippen LogP contribution in [0.2, 0.25) is 0 Å². The molecule has 1 aliphatic rings. The lowest BCUT2D eigenvalue weighted by Gasteiger charge is -2.17. The lowest BCUT2D eigenvalue weighted by Crippen LogP contribution is -2.31. The predicted octanol–water partition coefficient (Wildman–Crippen LogP) is 0.848. The molecule has 1 amide bonds. The van der Waals surface area contributed by atoms with Gasteiger partial charge in [0.05, 0.1) is 18.0 Å². The van der Waals surface area contributed by atoms with Crippen molar-refractivity contribution in [3.05, 3.63) is 17.7 Å². The maximum atomic E-state index is 12.4. The lowest BCUT2D eigenvalue weighted by atomic mass is 10.2. The summed E-state index contributed by atoms with van der Waals surface area (Å²) in [5.74, 6) is 0.675. The molecule has 0 saturated carbocycles. The molecular formula is C13H20N4O2. The summed E-state index contributed by atoms with van der Waals surface area (Å²) in [5.41, 5.74) is 1.01. The van der Waals surface area contributed by atoms with Crippen LogP contribution in [0.4, 0.5) is 5.69 Å². The standard InChI is InChI=1S/C13H20N4O2/c1-8(2)12-15-6-10(14-3)11(16-12)13(19)17-5-4-9(18)7-17/h6,8-9,14,18H,4-5,7H2,1-3H3. The van der Waals surface area contributed by atoms with Crippen LogP contribution in [0.1, 0.15) is 42.5 Å². The Morgan fingerprint density at radius 3 is 2.84 bits per heavy atom. The van der Waals surface area contributed by atoms with Gasteiger partial charge in [-0.1, -0.05) is 13.8 Å². The fourth-order valence-corrected chi connectivity index (χ4v) is 2.10. The summed E-state index contributed by atoms with van der Waals surface area (Å²) in [6, 6.07) is 0. The van der Waals surface area contributed by atoms with E-state index in [0.29, 0.717) is 36.7 Å². The monoisotopic (exact) mass is 264 g/mol. The minimum atomic E-state index is -0.423. The van der Waals surface area contributed by atoms with Gasteiger partial charge in [0.15, 0.2) is 5.69 Å². The number of carbonyl (C=O) groups excluding carboxylic acids is 1. The number of likely N-dealkylation sites (tertiary alicyclic amines) is 1. The number of aromatic nitrogens is 2. The maximum absolute atomic E-state index is 12.4. The molecule has 1 aromatic heterocycles. The summed E-state index contributed by atoms with van der Waals surface area (Å²) in [4.78, 5) is 22.7. The highest BCUT2D eigenvalue weighted by Gasteiger charge is 2.28. The van der Waals surface area contributed by atoms with E-state index < -0.39 is 6.10 Å². The van der Waals surface area contributed by atoms with Crippen LogP contribution in [0.25, 0.3) is 0 Å². The van der Waals surface area contributed by atoms with Gasteiger partial charge in [-0.3, -0.25) is 4.79 Å². The van der Waals surface area contributed by atoms with Gasteiger partial charge in [-0.15, -0.1) is 0 Å². The van der Waals surface area contributed by atoms with Gasteiger partial charge in [0.25, 0.3) is 5.91 Å². The van der Waals surface area contributed by atoms with E-state index in [-0.39, 0.29) is 11.8 Å². The Kier molecular flexibility index (Phi) is 3.99. The summed E-state index contributed by atoms with van der Waals surface area (Å²) >= 11 is 0. The minimum Gasteiger partial charge on any atom is -0.391 e. The van der Waals surface area contributed by atoms with Crippen LogP contribution < -0.4 is 5.32 Å². The van der Waals surface area contributed by atoms with E-state index in [1.165, 1.54) is 0 Å². The molecule has 1 aromatic rings. The zero-order valence-electron chi connectivity index (χ0n) is 11.6. The van der Waals surface area contributed by atoms with Crippen LogP contribution in [-0.2, 0) is 0 Å². The second-order valence-corrected chi connectivity index (χ2v) is 5.09. The molecule has 6 heteroatoms. The largest absolute Gasteiger partial charge is 0.391 e. The number of nitrogens with one attached hydrogen (secondary N) is 1. The molecule has 1 saturated heterocycles. The third kappa shape index (κ3) is 2.84. The van der Waals surface area contributed by atoms with Crippen molar-refractivity contribution in [2.75, 3.05) is 25.5 Å². The number of nitrogens with zero attached hydrogens (tertiary/aromatic N) is 3. The Labute approximate surface area is 112 Å². The minimum absolute atomic E-state index is 0.148. The van der Waals surface area contributed by atoms with Gasteiger partial charge in [0.1, 0.15) is 5.82 Å². The zero-order chi connectivity index (χ0) is 14.0. The van der Waals surface area contributed by atoms with Gasteiger partial charge >= 0.3 is 0 Å². The van der Waals surface area contributed by atoms with Gasteiger partial charge < -0.3 is 15.3 Å². The average molecular weight is 264 g/mol. The molecule has 2 N–H and O–H groups in total. The average Bonchev–Trinajstić information content (AvgIpc) is 2.83. The number of aliphatic hydroxyl groups excluding tert-OH is 1. The highest BCUT2D eigenvalue weighted by Crippen LogP contribution is 2.20. The molecular weight excluding hydrogens is 244 g/mol. The molecule has 1 unspecified atom stereocenters. The third-order valence-electron chi connectivity index (χ3n) is 3.25. The van der Waals surface area contributed by atoms with Crippen LogP contribution in [0.3, 0.4) is 0 Å². The molecule has 0 spiro atoms. The number of amides is 1. The first-order valence-corrected chi connectivity index (χ1v) is 6.55. The van der Waals surface area contributed by atoms with E-state index in [2.05, 4.69) is 15.3 Å². The van der Waals surface area contributed by atoms with Crippen molar-refractivity contribution in [1.29, 1.82) is 0 Å². The number of carbonyl (C=O) groups is 1. The smallest absolute Gasteiger partial charge is 0.274 e. The van der Waals surface area contributed by atoms with Crippen LogP contribution >= 0.6 is 0 Å². The summed E-state index contributed by atoms with van der Waals surface area (Å²) in [7, 11) is 1.74. The molecule has 2 rings (SSSR count). The molecule has 0 aromatic carbocycles. The molecule has 1 fully saturated rings. The van der Waals surface area contributed by atoms with Crippen molar-refractivity contribution in [2.24, 2.45) is 0 Å². The number of hydrogen-bond donors (Lipinski definition) is 2. The molecule has 19 heavy (non-hydrogen) atoms. The van der Waals surface area contributed by atoms with Gasteiger partial charge in [0, 0.05) is 26.1 Å². The van der Waals surface area contributed by atoms with Gasteiger partial charge in [-0.05, 0) is 6.42 Å². The van der Waals surface area contributed by atoms with E-state index in [0.717, 1.165) is 0 Å². The van der Waals surface area contributed by atoms with Gasteiger partial charge in [-0.25, -0.2) is 9.97 Å². The summed E-state index contributed by atoms with van der Waals surface area (Å²) in [6.07, 6.45) is 1.85. The van der Waals surface area contributed by atoms with E-state index in [1.807, 2.05) is 13.8 Å². The quantitative estimate of drug-likeness (QED) is 0.846. The van der Waals surface area contributed by atoms with Gasteiger partial charge in [-0.2, -0.15) is 0 Å². The first kappa shape index (κ1) is 13.7. The van der Waals surface area contributed by atoms with E-state index in [4.69, 9.17) is 0 Å². The van der Waals surface area contributed by atoms with E-state index >= 15 is 0 Å². The van der Waals surface area contributed by atoms with E-state index in [9.17, 15) is 9.90 Å². The number of rotatable bonds is 3. The van der Waals surface area contributed by atoms with Crippen molar-refractivity contribution < 1.29 is 9.90 Å². The number of β-amino-alcohol motifs (C(OH)–C–C–N with tert-alkyl or cyclic N) is 1. The highest BCUT2D eigenvalue weighted by molar-refractivity contribution is 5.97. The zero-order valence-corrected chi connectivity index (χ0v) is 11.6. The topological polar surface area (TPSA) is 78.4 Å². The third-order valence-corrected chi connectivity index (χ3v) is 3.25. The molecule has 0 bridgehead atoms. The molecule has 0 radical (unpaired) electrons. The van der Waals surface area contributed by atoms with Gasteiger partial charge in [0.2, 0.25) is 0 Å². The lowest BCUT2D eigenvalue weighted by molar-refractivity contribution is 0.0759. The number of hydrogen-bond acceptors (Lipinski definition) is 5. The highest BCUT2D eigenvalue weighted by atomic mass is 16.3. The Hall–Kier alpha value is -1.69. The molecule has 1 atom stereocenters. The second kappa shape index (κ2) is 5.52. The number of anilines is 1. The van der Waals surface area contributed by atoms with Crippen molar-refractivity contribution in [2.45, 2.75) is 32.3 Å². The second-order valence-electron chi connectivity index (χ2n) is 5.09. The normalized spacial score (nSPS) is 19.0. The van der Waals surface area contributed by atoms with Crippen molar-refractivity contribution in [3.8, 4) is 0 Å². The van der Waals surface area contributed by atoms with Crippen molar-refractivity contribution >= 4 is 11.6 Å². The predicted molar refractivity (Wildman–Crippen MR) is 72.2 cm³/mol. The number of aliphatic hydroxyl groups is 1. The molecule has 0 aliphatic carbocycles. The summed E-state index contributed by atoms with van der Waals surface area (Å²) in [5, 5.41) is 12.5. The van der Waals surface area contributed by atoms with Crippen LogP contribution in [0.15, 0.2) is 6.20 Å². The van der Waals surface area contributed by atoms with Crippen LogP contribution in [0.5, 0.6) is 0 Å². The first-order chi connectivity index (χ1) is 9.02. The SMILES string of the molecule is CNc1cnc(C(C)C)nc1C(=O)N1CCC(O)C1. The fraction of sp³-hybridized carbons (Fsp3) is 0.615. The Bertz CT molecular complexity index is 476. The maximum Gasteiger partial charge on any atom is 0.274 e. The van der Waals surface area contributed by atoms with Crippen LogP contribution in [-0.4, -0.2) is 52.1 Å². The fourth-order valence-electron chi connectivity index (χ4n) is 2.10. The summed E-state index contributed by atoms with van der Waals surface area (Å²) in [6.45, 7) is 4.93. The molecule has 104 valence electrons. The Morgan fingerprint density at radius 2 is 2.32 bits per heavy atom. The van der Waals surface area contributed by atoms with E-state index in [1.54, 1.807) is 18.1 Å². The van der Waals surface area contributed by atoms with Crippen molar-refractivity contribution in [1.82, 2.24) is 14.9 Å². The Morgan fingerprint density at radius 1 is 1.58 bits per heavy atom. The molecule has 2 heterocycles. The molecule has 1 aliphatic heterocycles. The Balaban J connectivity index is 2.31. The first-order valence-electron chi connectivity index (χ1n) is 6.55. The molecule has 6 nitrogen and oxygen atoms in total.